The zero-order valence-electron chi connectivity index (χ0n) is 11.6. The monoisotopic (exact) mass is 265 g/mol. The van der Waals surface area contributed by atoms with E-state index in [0.29, 0.717) is 6.10 Å². The highest BCUT2D eigenvalue weighted by atomic mass is 16.6. The van der Waals surface area contributed by atoms with Crippen LogP contribution in [0, 0.1) is 0 Å². The van der Waals surface area contributed by atoms with E-state index in [1.807, 2.05) is 12.3 Å². The third kappa shape index (κ3) is 3.02. The van der Waals surface area contributed by atoms with E-state index in [1.54, 1.807) is 6.26 Å². The van der Waals surface area contributed by atoms with Gasteiger partial charge in [-0.1, -0.05) is 0 Å². The quantitative estimate of drug-likeness (QED) is 0.837. The molecule has 2 aliphatic rings. The molecule has 0 aromatic carbocycles. The molecule has 0 amide bonds. The van der Waals surface area contributed by atoms with Crippen LogP contribution in [-0.2, 0) is 16.0 Å². The van der Waals surface area contributed by atoms with Gasteiger partial charge < -0.3 is 13.9 Å². The maximum absolute atomic E-state index is 6.06. The molecule has 106 valence electrons. The number of piperidine rings is 1. The largest absolute Gasteiger partial charge is 0.472 e. The third-order valence-corrected chi connectivity index (χ3v) is 4.33. The van der Waals surface area contributed by atoms with E-state index in [-0.39, 0.29) is 5.60 Å². The van der Waals surface area contributed by atoms with E-state index in [2.05, 4.69) is 11.8 Å². The minimum atomic E-state index is 0.0900. The highest BCUT2D eigenvalue weighted by Gasteiger charge is 2.42. The van der Waals surface area contributed by atoms with Crippen LogP contribution in [0.25, 0.3) is 0 Å². The molecule has 3 rings (SSSR count). The summed E-state index contributed by atoms with van der Waals surface area (Å²) in [7, 11) is 0. The lowest BCUT2D eigenvalue weighted by atomic mass is 9.88. The lowest BCUT2D eigenvalue weighted by molar-refractivity contribution is -0.0464. The first-order valence-electron chi connectivity index (χ1n) is 7.29. The summed E-state index contributed by atoms with van der Waals surface area (Å²) in [6.07, 6.45) is 7.20. The van der Waals surface area contributed by atoms with Crippen molar-refractivity contribution in [2.75, 3.05) is 26.3 Å². The Kier molecular flexibility index (Phi) is 3.91. The van der Waals surface area contributed by atoms with Crippen molar-refractivity contribution in [3.8, 4) is 0 Å². The van der Waals surface area contributed by atoms with Crippen LogP contribution in [0.1, 0.15) is 31.7 Å². The van der Waals surface area contributed by atoms with Gasteiger partial charge in [-0.2, -0.15) is 0 Å². The average molecular weight is 265 g/mol. The van der Waals surface area contributed by atoms with E-state index in [4.69, 9.17) is 13.9 Å². The Hall–Kier alpha value is -0.840. The third-order valence-electron chi connectivity index (χ3n) is 4.33. The Labute approximate surface area is 114 Å². The number of rotatable bonds is 4. The zero-order valence-corrected chi connectivity index (χ0v) is 11.6. The fraction of sp³-hybridized carbons (Fsp3) is 0.733. The molecule has 2 fully saturated rings. The Morgan fingerprint density at radius 3 is 2.95 bits per heavy atom. The van der Waals surface area contributed by atoms with Crippen LogP contribution in [0.3, 0.4) is 0 Å². The fourth-order valence-corrected chi connectivity index (χ4v) is 3.25. The number of hydrogen-bond acceptors (Lipinski definition) is 4. The summed E-state index contributed by atoms with van der Waals surface area (Å²) in [5.41, 5.74) is 1.35. The van der Waals surface area contributed by atoms with Gasteiger partial charge in [0.15, 0.2) is 0 Å². The van der Waals surface area contributed by atoms with Crippen molar-refractivity contribution in [3.05, 3.63) is 24.2 Å². The molecule has 2 saturated heterocycles. The summed E-state index contributed by atoms with van der Waals surface area (Å²) < 4.78 is 16.9. The first-order valence-corrected chi connectivity index (χ1v) is 7.29. The minimum absolute atomic E-state index is 0.0900. The predicted octanol–water partition coefficient (Wildman–Crippen LogP) is 2.44. The summed E-state index contributed by atoms with van der Waals surface area (Å²) in [4.78, 5) is 2.48. The number of nitrogens with zero attached hydrogens (tertiary/aromatic N) is 1. The zero-order chi connectivity index (χ0) is 13.1. The predicted molar refractivity (Wildman–Crippen MR) is 71.9 cm³/mol. The molecule has 1 unspecified atom stereocenters. The van der Waals surface area contributed by atoms with Crippen LogP contribution in [-0.4, -0.2) is 42.9 Å². The molecule has 3 heterocycles. The second-order valence-corrected chi connectivity index (χ2v) is 5.68. The molecule has 1 aromatic rings. The highest BCUT2D eigenvalue weighted by molar-refractivity contribution is 5.05. The van der Waals surface area contributed by atoms with Gasteiger partial charge >= 0.3 is 0 Å². The summed E-state index contributed by atoms with van der Waals surface area (Å²) >= 11 is 0. The number of likely N-dealkylation sites (tertiary alicyclic amines) is 1. The first-order chi connectivity index (χ1) is 9.30. The van der Waals surface area contributed by atoms with Crippen molar-refractivity contribution in [2.45, 2.75) is 44.4 Å². The Morgan fingerprint density at radius 1 is 1.42 bits per heavy atom. The molecule has 1 atom stereocenters. The average Bonchev–Trinajstić information content (AvgIpc) is 3.04. The summed E-state index contributed by atoms with van der Waals surface area (Å²) in [5, 5.41) is 0. The Morgan fingerprint density at radius 2 is 2.26 bits per heavy atom. The molecular formula is C15H23NO3. The number of hydrogen-bond donors (Lipinski definition) is 0. The van der Waals surface area contributed by atoms with Gasteiger partial charge in [0.25, 0.3) is 0 Å². The fourth-order valence-electron chi connectivity index (χ4n) is 3.25. The van der Waals surface area contributed by atoms with E-state index in [0.717, 1.165) is 52.1 Å². The number of furan rings is 1. The molecule has 19 heavy (non-hydrogen) atoms. The van der Waals surface area contributed by atoms with E-state index in [9.17, 15) is 0 Å². The Bertz CT molecular complexity index is 382. The molecule has 0 N–H and O–H groups in total. The van der Waals surface area contributed by atoms with Gasteiger partial charge in [0.05, 0.1) is 30.8 Å². The molecule has 1 aromatic heterocycles. The Balaban J connectivity index is 1.49. The van der Waals surface area contributed by atoms with Gasteiger partial charge in [0.1, 0.15) is 0 Å². The second kappa shape index (κ2) is 5.65. The summed E-state index contributed by atoms with van der Waals surface area (Å²) in [6.45, 7) is 6.81. The van der Waals surface area contributed by atoms with Gasteiger partial charge in [0, 0.05) is 38.2 Å². The van der Waals surface area contributed by atoms with Gasteiger partial charge in [-0.15, -0.1) is 0 Å². The van der Waals surface area contributed by atoms with Crippen molar-refractivity contribution in [1.82, 2.24) is 4.90 Å². The van der Waals surface area contributed by atoms with Crippen LogP contribution in [0.15, 0.2) is 23.0 Å². The molecule has 0 aliphatic carbocycles. The van der Waals surface area contributed by atoms with Crippen LogP contribution in [0.4, 0.5) is 0 Å². The van der Waals surface area contributed by atoms with Gasteiger partial charge in [-0.05, 0) is 25.8 Å². The van der Waals surface area contributed by atoms with Crippen molar-refractivity contribution < 1.29 is 13.9 Å². The van der Waals surface area contributed by atoms with Crippen molar-refractivity contribution in [1.29, 1.82) is 0 Å². The highest BCUT2D eigenvalue weighted by Crippen LogP contribution is 2.37. The molecule has 4 heteroatoms. The van der Waals surface area contributed by atoms with E-state index < -0.39 is 0 Å². The minimum Gasteiger partial charge on any atom is -0.472 e. The van der Waals surface area contributed by atoms with Crippen molar-refractivity contribution in [3.63, 3.8) is 0 Å². The smallest absolute Gasteiger partial charge is 0.0947 e. The van der Waals surface area contributed by atoms with Gasteiger partial charge in [-0.3, -0.25) is 4.90 Å². The van der Waals surface area contributed by atoms with Crippen molar-refractivity contribution in [2.24, 2.45) is 0 Å². The summed E-state index contributed by atoms with van der Waals surface area (Å²) in [6, 6.07) is 2.04. The van der Waals surface area contributed by atoms with Crippen LogP contribution < -0.4 is 0 Å². The maximum atomic E-state index is 6.06. The molecule has 2 aliphatic heterocycles. The SMILES string of the molecule is CCOC1COC2(CCN(Cc3ccoc3)CC2)C1. The lowest BCUT2D eigenvalue weighted by Crippen LogP contribution is -2.43. The van der Waals surface area contributed by atoms with Gasteiger partial charge in [0.2, 0.25) is 0 Å². The van der Waals surface area contributed by atoms with Crippen LogP contribution in [0.5, 0.6) is 0 Å². The summed E-state index contributed by atoms with van der Waals surface area (Å²) in [5.74, 6) is 0. The van der Waals surface area contributed by atoms with Crippen LogP contribution >= 0.6 is 0 Å². The van der Waals surface area contributed by atoms with E-state index >= 15 is 0 Å². The molecule has 0 saturated carbocycles. The van der Waals surface area contributed by atoms with E-state index in [1.165, 1.54) is 5.56 Å². The maximum Gasteiger partial charge on any atom is 0.0947 e. The van der Waals surface area contributed by atoms with Gasteiger partial charge in [-0.25, -0.2) is 0 Å². The van der Waals surface area contributed by atoms with Crippen LogP contribution in [0.2, 0.25) is 0 Å². The molecule has 0 radical (unpaired) electrons. The normalized spacial score (nSPS) is 27.1. The molecule has 1 spiro atoms. The molecule has 0 bridgehead atoms. The number of ether oxygens (including phenoxy) is 2. The topological polar surface area (TPSA) is 34.8 Å². The lowest BCUT2D eigenvalue weighted by Gasteiger charge is -2.38. The molecular weight excluding hydrogens is 242 g/mol. The van der Waals surface area contributed by atoms with Crippen molar-refractivity contribution >= 4 is 0 Å². The first kappa shape index (κ1) is 13.2. The standard InChI is InChI=1S/C15H23NO3/c1-2-18-14-9-15(19-12-14)4-6-16(7-5-15)10-13-3-8-17-11-13/h3,8,11,14H,2,4-7,9-10,12H2,1H3. The second-order valence-electron chi connectivity index (χ2n) is 5.68. The molecule has 4 nitrogen and oxygen atoms in total.